The Bertz CT molecular complexity index is 1500. The van der Waals surface area contributed by atoms with E-state index in [1.807, 2.05) is 78.7 Å². The van der Waals surface area contributed by atoms with Crippen molar-refractivity contribution in [2.75, 3.05) is 13.1 Å². The highest BCUT2D eigenvalue weighted by Crippen LogP contribution is 2.32. The van der Waals surface area contributed by atoms with E-state index in [1.165, 1.54) is 0 Å². The molecular weight excluding hydrogens is 448 g/mol. The molecule has 0 spiro atoms. The number of carbonyl (C=O) groups excluding carboxylic acids is 1. The smallest absolute Gasteiger partial charge is 0.259 e. The van der Waals surface area contributed by atoms with Crippen molar-refractivity contribution in [3.8, 4) is 28.5 Å². The predicted octanol–water partition coefficient (Wildman–Crippen LogP) is 5.23. The van der Waals surface area contributed by atoms with Crippen molar-refractivity contribution in [1.82, 2.24) is 14.5 Å². The van der Waals surface area contributed by atoms with Crippen LogP contribution in [0.1, 0.15) is 40.4 Å². The fraction of sp³-hybridized carbons (Fsp3) is 0.200. The van der Waals surface area contributed by atoms with E-state index in [4.69, 9.17) is 0 Å². The molecule has 0 aliphatic carbocycles. The van der Waals surface area contributed by atoms with E-state index in [9.17, 15) is 14.9 Å². The number of pyridine rings is 2. The molecular formula is C30H26N4O2. The van der Waals surface area contributed by atoms with Crippen molar-refractivity contribution in [1.29, 1.82) is 5.26 Å². The molecule has 0 N–H and O–H groups in total. The lowest BCUT2D eigenvalue weighted by molar-refractivity contribution is 0.0693. The zero-order valence-corrected chi connectivity index (χ0v) is 20.1. The van der Waals surface area contributed by atoms with Crippen molar-refractivity contribution in [2.24, 2.45) is 0 Å². The number of hydrogen-bond acceptors (Lipinski definition) is 4. The molecule has 6 nitrogen and oxygen atoms in total. The van der Waals surface area contributed by atoms with Crippen LogP contribution in [-0.2, 0) is 0 Å². The molecule has 1 aliphatic heterocycles. The van der Waals surface area contributed by atoms with Crippen LogP contribution >= 0.6 is 0 Å². The first-order valence-corrected chi connectivity index (χ1v) is 12.1. The molecule has 2 aromatic carbocycles. The normalized spacial score (nSPS) is 13.8. The summed E-state index contributed by atoms with van der Waals surface area (Å²) in [4.78, 5) is 33.2. The molecule has 36 heavy (non-hydrogen) atoms. The van der Waals surface area contributed by atoms with Gasteiger partial charge < -0.3 is 9.47 Å². The lowest BCUT2D eigenvalue weighted by Gasteiger charge is -2.33. The van der Waals surface area contributed by atoms with E-state index in [2.05, 4.69) is 11.1 Å². The fourth-order valence-corrected chi connectivity index (χ4v) is 5.00. The minimum Gasteiger partial charge on any atom is -0.338 e. The molecule has 0 radical (unpaired) electrons. The number of carbonyl (C=O) groups is 1. The third-order valence-electron chi connectivity index (χ3n) is 6.92. The van der Waals surface area contributed by atoms with Gasteiger partial charge in [-0.05, 0) is 55.7 Å². The van der Waals surface area contributed by atoms with Crippen molar-refractivity contribution in [3.05, 3.63) is 112 Å². The molecule has 2 aromatic heterocycles. The number of nitriles is 1. The molecule has 178 valence electrons. The fourth-order valence-electron chi connectivity index (χ4n) is 5.00. The van der Waals surface area contributed by atoms with Gasteiger partial charge in [-0.2, -0.15) is 5.26 Å². The zero-order chi connectivity index (χ0) is 25.1. The number of rotatable bonds is 4. The molecule has 0 atom stereocenters. The van der Waals surface area contributed by atoms with Crippen LogP contribution in [0.3, 0.4) is 0 Å². The molecule has 1 fully saturated rings. The number of amides is 1. The summed E-state index contributed by atoms with van der Waals surface area (Å²) in [6, 6.07) is 24.4. The number of nitrogens with zero attached hydrogens (tertiary/aromatic N) is 4. The van der Waals surface area contributed by atoms with E-state index >= 15 is 0 Å². The molecule has 1 aliphatic rings. The average Bonchev–Trinajstić information content (AvgIpc) is 2.94. The van der Waals surface area contributed by atoms with Gasteiger partial charge in [-0.3, -0.25) is 14.6 Å². The summed E-state index contributed by atoms with van der Waals surface area (Å²) >= 11 is 0. The van der Waals surface area contributed by atoms with Gasteiger partial charge in [0.05, 0.1) is 22.9 Å². The van der Waals surface area contributed by atoms with Crippen molar-refractivity contribution in [3.63, 3.8) is 0 Å². The van der Waals surface area contributed by atoms with Crippen LogP contribution in [0.2, 0.25) is 0 Å². The zero-order valence-electron chi connectivity index (χ0n) is 20.1. The first-order chi connectivity index (χ1) is 17.6. The van der Waals surface area contributed by atoms with Gasteiger partial charge in [0.2, 0.25) is 0 Å². The summed E-state index contributed by atoms with van der Waals surface area (Å²) in [5.74, 6) is 0.0168. The van der Waals surface area contributed by atoms with Crippen molar-refractivity contribution in [2.45, 2.75) is 25.8 Å². The maximum atomic E-state index is 13.9. The Hall–Kier alpha value is -4.50. The molecule has 6 heteroatoms. The van der Waals surface area contributed by atoms with Crippen LogP contribution in [0.25, 0.3) is 22.4 Å². The quantitative estimate of drug-likeness (QED) is 0.405. The van der Waals surface area contributed by atoms with Gasteiger partial charge in [-0.1, -0.05) is 42.5 Å². The highest BCUT2D eigenvalue weighted by atomic mass is 16.2. The number of benzene rings is 2. The topological polar surface area (TPSA) is 79.0 Å². The number of piperidine rings is 1. The second-order valence-electron chi connectivity index (χ2n) is 9.02. The van der Waals surface area contributed by atoms with E-state index in [0.717, 1.165) is 16.8 Å². The Morgan fingerprint density at radius 3 is 2.33 bits per heavy atom. The predicted molar refractivity (Wildman–Crippen MR) is 139 cm³/mol. The van der Waals surface area contributed by atoms with Crippen molar-refractivity contribution >= 4 is 5.91 Å². The summed E-state index contributed by atoms with van der Waals surface area (Å²) in [7, 11) is 0. The van der Waals surface area contributed by atoms with Gasteiger partial charge in [0.1, 0.15) is 0 Å². The Morgan fingerprint density at radius 1 is 0.944 bits per heavy atom. The maximum Gasteiger partial charge on any atom is 0.259 e. The Balaban J connectivity index is 1.55. The highest BCUT2D eigenvalue weighted by molar-refractivity contribution is 5.94. The van der Waals surface area contributed by atoms with E-state index < -0.39 is 0 Å². The van der Waals surface area contributed by atoms with Gasteiger partial charge >= 0.3 is 0 Å². The summed E-state index contributed by atoms with van der Waals surface area (Å²) < 4.78 is 1.80. The molecule has 1 amide bonds. The minimum atomic E-state index is -0.122. The average molecular weight is 475 g/mol. The third kappa shape index (κ3) is 4.32. The second kappa shape index (κ2) is 10.0. The summed E-state index contributed by atoms with van der Waals surface area (Å²) in [5, 5.41) is 9.73. The summed E-state index contributed by atoms with van der Waals surface area (Å²) in [5.41, 5.74) is 4.61. The molecule has 5 rings (SSSR count). The summed E-state index contributed by atoms with van der Waals surface area (Å²) in [6.07, 6.45) is 4.98. The van der Waals surface area contributed by atoms with Crippen LogP contribution in [0, 0.1) is 18.3 Å². The number of likely N-dealkylation sites (tertiary alicyclic amines) is 1. The van der Waals surface area contributed by atoms with Gasteiger partial charge in [0, 0.05) is 48.2 Å². The van der Waals surface area contributed by atoms with E-state index in [0.29, 0.717) is 48.2 Å². The highest BCUT2D eigenvalue weighted by Gasteiger charge is 2.27. The standard InChI is InChI=1S/C30H26N4O2/c1-21-26(27-13-7-8-16-32-27)20-34(30(36)28(21)25-12-6-5-11-23(25)19-31)24-14-17-33(18-15-24)29(35)22-9-3-2-4-10-22/h2-13,16,20,24H,14-15,17-18H2,1H3. The van der Waals surface area contributed by atoms with Gasteiger partial charge in [-0.15, -0.1) is 0 Å². The number of hydrogen-bond donors (Lipinski definition) is 0. The molecule has 3 heterocycles. The molecule has 0 unspecified atom stereocenters. The second-order valence-corrected chi connectivity index (χ2v) is 9.02. The Kier molecular flexibility index (Phi) is 6.46. The lowest BCUT2D eigenvalue weighted by atomic mass is 9.93. The van der Waals surface area contributed by atoms with Crippen LogP contribution in [0.5, 0.6) is 0 Å². The third-order valence-corrected chi connectivity index (χ3v) is 6.92. The largest absolute Gasteiger partial charge is 0.338 e. The molecule has 0 saturated carbocycles. The lowest BCUT2D eigenvalue weighted by Crippen LogP contribution is -2.41. The van der Waals surface area contributed by atoms with Crippen LogP contribution < -0.4 is 5.56 Å². The van der Waals surface area contributed by atoms with Gasteiger partial charge in [-0.25, -0.2) is 0 Å². The minimum absolute atomic E-state index is 0.0168. The molecule has 1 saturated heterocycles. The van der Waals surface area contributed by atoms with Crippen molar-refractivity contribution < 1.29 is 4.79 Å². The van der Waals surface area contributed by atoms with Crippen LogP contribution in [0.15, 0.2) is 90.0 Å². The number of aromatic nitrogens is 2. The Morgan fingerprint density at radius 2 is 1.64 bits per heavy atom. The van der Waals surface area contributed by atoms with Crippen LogP contribution in [0.4, 0.5) is 0 Å². The van der Waals surface area contributed by atoms with Gasteiger partial charge in [0.15, 0.2) is 0 Å². The molecule has 4 aromatic rings. The Labute approximate surface area is 210 Å². The first kappa shape index (κ1) is 23.3. The molecule has 0 bridgehead atoms. The first-order valence-electron chi connectivity index (χ1n) is 12.1. The van der Waals surface area contributed by atoms with Crippen LogP contribution in [-0.4, -0.2) is 33.4 Å². The summed E-state index contributed by atoms with van der Waals surface area (Å²) in [6.45, 7) is 3.06. The maximum absolute atomic E-state index is 13.9. The SMILES string of the molecule is Cc1c(-c2ccccn2)cn(C2CCN(C(=O)c3ccccc3)CC2)c(=O)c1-c1ccccc1C#N. The van der Waals surface area contributed by atoms with E-state index in [1.54, 1.807) is 22.9 Å². The van der Waals surface area contributed by atoms with Gasteiger partial charge in [0.25, 0.3) is 11.5 Å². The monoisotopic (exact) mass is 474 g/mol. The van der Waals surface area contributed by atoms with E-state index in [-0.39, 0.29) is 17.5 Å².